The van der Waals surface area contributed by atoms with Gasteiger partial charge in [0.2, 0.25) is 5.95 Å². The molecule has 2 N–H and O–H groups in total. The first kappa shape index (κ1) is 20.3. The van der Waals surface area contributed by atoms with Gasteiger partial charge in [-0.3, -0.25) is 10.1 Å². The smallest absolute Gasteiger partial charge is 0.258 e. The molecule has 0 aliphatic carbocycles. The summed E-state index contributed by atoms with van der Waals surface area (Å²) in [7, 11) is 0. The van der Waals surface area contributed by atoms with Crippen molar-refractivity contribution < 1.29 is 4.79 Å². The molecular weight excluding hydrogens is 445 g/mol. The van der Waals surface area contributed by atoms with Crippen molar-refractivity contribution in [1.82, 2.24) is 14.8 Å². The van der Waals surface area contributed by atoms with Gasteiger partial charge in [-0.05, 0) is 53.6 Å². The molecule has 8 heteroatoms. The summed E-state index contributed by atoms with van der Waals surface area (Å²) in [6.07, 6.45) is 2.05. The molecule has 158 valence electrons. The number of hydrogen-bond acceptors (Lipinski definition) is 4. The van der Waals surface area contributed by atoms with Crippen LogP contribution in [0.5, 0.6) is 0 Å². The number of carbonyl (C=O) groups excluding carboxylic acids is 1. The summed E-state index contributed by atoms with van der Waals surface area (Å²) in [5, 5.41) is 11.9. The summed E-state index contributed by atoms with van der Waals surface area (Å²) >= 11 is 12.1. The minimum atomic E-state index is -0.275. The van der Waals surface area contributed by atoms with E-state index in [4.69, 9.17) is 23.2 Å². The minimum absolute atomic E-state index is 0.214. The first-order valence-corrected chi connectivity index (χ1v) is 10.7. The molecule has 6 nitrogen and oxygen atoms in total. The fourth-order valence-electron chi connectivity index (χ4n) is 3.50. The van der Waals surface area contributed by atoms with E-state index in [1.54, 1.807) is 28.9 Å². The molecule has 5 rings (SSSR count). The van der Waals surface area contributed by atoms with Crippen LogP contribution in [0.1, 0.15) is 27.5 Å². The van der Waals surface area contributed by atoms with Crippen molar-refractivity contribution in [2.45, 2.75) is 6.04 Å². The number of anilines is 2. The van der Waals surface area contributed by atoms with Crippen LogP contribution in [0.25, 0.3) is 5.70 Å². The van der Waals surface area contributed by atoms with Crippen LogP contribution >= 0.6 is 23.2 Å². The van der Waals surface area contributed by atoms with Gasteiger partial charge in [0.1, 0.15) is 6.04 Å². The van der Waals surface area contributed by atoms with Crippen LogP contribution in [0.3, 0.4) is 0 Å². The molecule has 0 fully saturated rings. The van der Waals surface area contributed by atoms with Gasteiger partial charge >= 0.3 is 0 Å². The minimum Gasteiger partial charge on any atom is -0.324 e. The quantitative estimate of drug-likeness (QED) is 0.397. The maximum absolute atomic E-state index is 12.6. The molecular formula is C24H17Cl2N5O. The van der Waals surface area contributed by atoms with Crippen molar-refractivity contribution in [3.05, 3.63) is 112 Å². The number of hydrogen-bond donors (Lipinski definition) is 2. The van der Waals surface area contributed by atoms with Gasteiger partial charge in [0, 0.05) is 21.3 Å². The fraction of sp³-hybridized carbons (Fsp3) is 0.0417. The molecule has 0 radical (unpaired) electrons. The number of carbonyl (C=O) groups is 1. The molecule has 1 aliphatic rings. The Morgan fingerprint density at radius 1 is 0.906 bits per heavy atom. The second-order valence-corrected chi connectivity index (χ2v) is 8.11. The molecule has 4 aromatic rings. The van der Waals surface area contributed by atoms with E-state index in [9.17, 15) is 4.79 Å². The molecule has 3 aromatic carbocycles. The van der Waals surface area contributed by atoms with Crippen LogP contribution in [0.2, 0.25) is 10.0 Å². The maximum Gasteiger partial charge on any atom is 0.258 e. The molecule has 1 aromatic heterocycles. The van der Waals surface area contributed by atoms with Crippen LogP contribution in [-0.2, 0) is 0 Å². The van der Waals surface area contributed by atoms with Crippen LogP contribution in [0.4, 0.5) is 11.9 Å². The lowest BCUT2D eigenvalue weighted by Gasteiger charge is -2.24. The molecule has 0 unspecified atom stereocenters. The monoisotopic (exact) mass is 461 g/mol. The summed E-state index contributed by atoms with van der Waals surface area (Å²) < 4.78 is 1.74. The van der Waals surface area contributed by atoms with Crippen molar-refractivity contribution >= 4 is 46.7 Å². The Morgan fingerprint density at radius 3 is 2.25 bits per heavy atom. The third-order valence-electron chi connectivity index (χ3n) is 5.09. The van der Waals surface area contributed by atoms with Crippen molar-refractivity contribution in [2.75, 3.05) is 10.6 Å². The zero-order valence-corrected chi connectivity index (χ0v) is 18.2. The van der Waals surface area contributed by atoms with E-state index in [0.717, 1.165) is 16.8 Å². The Labute approximate surface area is 194 Å². The number of rotatable bonds is 4. The number of nitrogens with zero attached hydrogens (tertiary/aromatic N) is 3. The van der Waals surface area contributed by atoms with Crippen molar-refractivity contribution in [3.63, 3.8) is 0 Å². The molecule has 0 spiro atoms. The normalized spacial score (nSPS) is 14.8. The van der Waals surface area contributed by atoms with E-state index >= 15 is 0 Å². The first-order valence-electron chi connectivity index (χ1n) is 9.90. The Bertz CT molecular complexity index is 1300. The van der Waals surface area contributed by atoms with E-state index in [0.29, 0.717) is 21.6 Å². The van der Waals surface area contributed by atoms with Gasteiger partial charge in [0.05, 0.1) is 0 Å². The lowest BCUT2D eigenvalue weighted by atomic mass is 10.0. The van der Waals surface area contributed by atoms with Crippen molar-refractivity contribution in [1.29, 1.82) is 0 Å². The number of halogens is 2. The van der Waals surface area contributed by atoms with Gasteiger partial charge in [-0.2, -0.15) is 4.98 Å². The third kappa shape index (κ3) is 4.10. The highest BCUT2D eigenvalue weighted by atomic mass is 35.5. The van der Waals surface area contributed by atoms with E-state index in [1.165, 1.54) is 0 Å². The van der Waals surface area contributed by atoms with Crippen molar-refractivity contribution in [2.24, 2.45) is 0 Å². The Morgan fingerprint density at radius 2 is 1.56 bits per heavy atom. The molecule has 1 atom stereocenters. The average molecular weight is 462 g/mol. The number of nitrogens with one attached hydrogen (secondary N) is 2. The standard InChI is InChI=1S/C24H17Cl2N5O/c25-18-10-6-15(7-11-18)20-14-21(16-8-12-19(26)13-9-16)31-24(27-20)29-23(30-31)28-22(32)17-4-2-1-3-5-17/h1-14,21H,(H2,27,28,29,30,32)/t21-/m1/s1. The van der Waals surface area contributed by atoms with Crippen LogP contribution in [-0.4, -0.2) is 20.7 Å². The van der Waals surface area contributed by atoms with Crippen LogP contribution in [0, 0.1) is 0 Å². The number of allylic oxidation sites excluding steroid dienone is 1. The predicted molar refractivity (Wildman–Crippen MR) is 127 cm³/mol. The lowest BCUT2D eigenvalue weighted by molar-refractivity contribution is 0.102. The second kappa shape index (κ2) is 8.49. The van der Waals surface area contributed by atoms with Gasteiger partial charge in [-0.15, -0.1) is 5.10 Å². The molecule has 2 heterocycles. The first-order chi connectivity index (χ1) is 15.6. The van der Waals surface area contributed by atoms with E-state index in [1.807, 2.05) is 54.6 Å². The van der Waals surface area contributed by atoms with Gasteiger partial charge in [0.25, 0.3) is 11.9 Å². The molecule has 32 heavy (non-hydrogen) atoms. The average Bonchev–Trinajstić information content (AvgIpc) is 3.22. The van der Waals surface area contributed by atoms with E-state index in [2.05, 4.69) is 26.8 Å². The van der Waals surface area contributed by atoms with Gasteiger partial charge in [-0.1, -0.05) is 65.7 Å². The zero-order chi connectivity index (χ0) is 22.1. The second-order valence-electron chi connectivity index (χ2n) is 7.23. The fourth-order valence-corrected chi connectivity index (χ4v) is 3.76. The largest absolute Gasteiger partial charge is 0.324 e. The Balaban J connectivity index is 1.51. The van der Waals surface area contributed by atoms with E-state index < -0.39 is 0 Å². The number of benzene rings is 3. The maximum atomic E-state index is 12.6. The predicted octanol–water partition coefficient (Wildman–Crippen LogP) is 5.89. The number of fused-ring (bicyclic) bond motifs is 1. The van der Waals surface area contributed by atoms with Gasteiger partial charge in [0.15, 0.2) is 0 Å². The van der Waals surface area contributed by atoms with Crippen LogP contribution < -0.4 is 10.6 Å². The molecule has 0 bridgehead atoms. The SMILES string of the molecule is O=C(Nc1nc2n(n1)[C@@H](c1ccc(Cl)cc1)C=C(c1ccc(Cl)cc1)N2)c1ccccc1. The Kier molecular flexibility index (Phi) is 5.39. The summed E-state index contributed by atoms with van der Waals surface area (Å²) in [6.45, 7) is 0. The summed E-state index contributed by atoms with van der Waals surface area (Å²) in [5.74, 6) is 0.453. The van der Waals surface area contributed by atoms with E-state index in [-0.39, 0.29) is 17.9 Å². The van der Waals surface area contributed by atoms with Gasteiger partial charge in [-0.25, -0.2) is 4.68 Å². The number of amides is 1. The molecule has 0 saturated carbocycles. The summed E-state index contributed by atoms with van der Waals surface area (Å²) in [5.41, 5.74) is 3.33. The zero-order valence-electron chi connectivity index (χ0n) is 16.7. The molecule has 0 saturated heterocycles. The number of aromatic nitrogens is 3. The van der Waals surface area contributed by atoms with Crippen molar-refractivity contribution in [3.8, 4) is 0 Å². The highest BCUT2D eigenvalue weighted by Crippen LogP contribution is 2.34. The third-order valence-corrected chi connectivity index (χ3v) is 5.60. The topological polar surface area (TPSA) is 71.8 Å². The highest BCUT2D eigenvalue weighted by Gasteiger charge is 2.26. The van der Waals surface area contributed by atoms with Gasteiger partial charge < -0.3 is 5.32 Å². The molecule has 1 amide bonds. The highest BCUT2D eigenvalue weighted by molar-refractivity contribution is 6.30. The summed E-state index contributed by atoms with van der Waals surface area (Å²) in [6, 6.07) is 23.8. The summed E-state index contributed by atoms with van der Waals surface area (Å²) in [4.78, 5) is 17.1. The lowest BCUT2D eigenvalue weighted by Crippen LogP contribution is -2.20. The van der Waals surface area contributed by atoms with Crippen LogP contribution in [0.15, 0.2) is 84.9 Å². The molecule has 1 aliphatic heterocycles. The Hall–Kier alpha value is -3.61.